The molecule has 0 spiro atoms. The number of hydrogen-bond donors (Lipinski definition) is 1. The van der Waals surface area contributed by atoms with E-state index in [2.05, 4.69) is 5.32 Å². The summed E-state index contributed by atoms with van der Waals surface area (Å²) in [5.41, 5.74) is 1.56. The third-order valence-electron chi connectivity index (χ3n) is 3.27. The van der Waals surface area contributed by atoms with Crippen molar-refractivity contribution in [3.63, 3.8) is 0 Å². The van der Waals surface area contributed by atoms with Crippen LogP contribution in [0, 0.1) is 10.1 Å². The Balaban J connectivity index is 1.94. The lowest BCUT2D eigenvalue weighted by molar-refractivity contribution is -0.384. The fourth-order valence-electron chi connectivity index (χ4n) is 1.98. The standard InChI is InChI=1S/C16H16N2O3/c1-12(13-5-3-2-4-6-13)17-11-16(19)14-7-9-15(10-8-14)18(20)21/h2-10,12,17H,11H2,1H3/t12-/m0/s1. The minimum Gasteiger partial charge on any atom is -0.303 e. The second-order valence-corrected chi connectivity index (χ2v) is 4.74. The quantitative estimate of drug-likeness (QED) is 0.502. The summed E-state index contributed by atoms with van der Waals surface area (Å²) in [6.45, 7) is 2.17. The zero-order chi connectivity index (χ0) is 15.2. The molecule has 108 valence electrons. The van der Waals surface area contributed by atoms with Gasteiger partial charge in [0.1, 0.15) is 0 Å². The van der Waals surface area contributed by atoms with Gasteiger partial charge in [0, 0.05) is 23.7 Å². The third kappa shape index (κ3) is 3.97. The molecule has 0 saturated heterocycles. The van der Waals surface area contributed by atoms with Crippen molar-refractivity contribution in [2.45, 2.75) is 13.0 Å². The number of nitro benzene ring substituents is 1. The van der Waals surface area contributed by atoms with Gasteiger partial charge in [0.15, 0.2) is 5.78 Å². The van der Waals surface area contributed by atoms with Crippen LogP contribution in [0.15, 0.2) is 54.6 Å². The van der Waals surface area contributed by atoms with Crippen LogP contribution >= 0.6 is 0 Å². The molecule has 0 aliphatic heterocycles. The highest BCUT2D eigenvalue weighted by Crippen LogP contribution is 2.13. The highest BCUT2D eigenvalue weighted by atomic mass is 16.6. The lowest BCUT2D eigenvalue weighted by Gasteiger charge is -2.13. The number of carbonyl (C=O) groups is 1. The summed E-state index contributed by atoms with van der Waals surface area (Å²) in [7, 11) is 0. The van der Waals surface area contributed by atoms with Gasteiger partial charge in [-0.15, -0.1) is 0 Å². The van der Waals surface area contributed by atoms with Gasteiger partial charge in [-0.2, -0.15) is 0 Å². The number of nitrogens with zero attached hydrogens (tertiary/aromatic N) is 1. The topological polar surface area (TPSA) is 72.2 Å². The average Bonchev–Trinajstić information content (AvgIpc) is 2.53. The number of carbonyl (C=O) groups excluding carboxylic acids is 1. The summed E-state index contributed by atoms with van der Waals surface area (Å²) in [6.07, 6.45) is 0. The van der Waals surface area contributed by atoms with Crippen molar-refractivity contribution in [1.82, 2.24) is 5.32 Å². The number of nitrogens with one attached hydrogen (secondary N) is 1. The van der Waals surface area contributed by atoms with Gasteiger partial charge in [-0.3, -0.25) is 14.9 Å². The molecule has 0 bridgehead atoms. The van der Waals surface area contributed by atoms with Crippen LogP contribution in [0.2, 0.25) is 0 Å². The molecular weight excluding hydrogens is 268 g/mol. The first-order valence-electron chi connectivity index (χ1n) is 6.64. The molecular formula is C16H16N2O3. The monoisotopic (exact) mass is 284 g/mol. The van der Waals surface area contributed by atoms with Gasteiger partial charge in [-0.25, -0.2) is 0 Å². The molecule has 0 unspecified atom stereocenters. The van der Waals surface area contributed by atoms with E-state index in [4.69, 9.17) is 0 Å². The molecule has 0 aliphatic carbocycles. The Labute approximate surface area is 122 Å². The maximum absolute atomic E-state index is 12.0. The van der Waals surface area contributed by atoms with E-state index in [1.54, 1.807) is 0 Å². The van der Waals surface area contributed by atoms with Gasteiger partial charge in [-0.05, 0) is 24.6 Å². The molecule has 0 fully saturated rings. The van der Waals surface area contributed by atoms with Crippen molar-refractivity contribution in [2.24, 2.45) is 0 Å². The minimum atomic E-state index is -0.482. The molecule has 0 heterocycles. The van der Waals surface area contributed by atoms with Crippen LogP contribution in [0.25, 0.3) is 0 Å². The van der Waals surface area contributed by atoms with Crippen molar-refractivity contribution >= 4 is 11.5 Å². The fourth-order valence-corrected chi connectivity index (χ4v) is 1.98. The molecule has 5 nitrogen and oxygen atoms in total. The Morgan fingerprint density at radius 2 is 1.76 bits per heavy atom. The summed E-state index contributed by atoms with van der Waals surface area (Å²) in [5, 5.41) is 13.7. The molecule has 2 rings (SSSR count). The minimum absolute atomic E-state index is 0.0165. The van der Waals surface area contributed by atoms with Crippen LogP contribution in [0.3, 0.4) is 0 Å². The molecule has 5 heteroatoms. The first kappa shape index (κ1) is 14.9. The largest absolute Gasteiger partial charge is 0.303 e. The van der Waals surface area contributed by atoms with Crippen LogP contribution in [0.1, 0.15) is 28.9 Å². The Kier molecular flexibility index (Phi) is 4.79. The average molecular weight is 284 g/mol. The van der Waals surface area contributed by atoms with Crippen LogP contribution in [-0.2, 0) is 0 Å². The molecule has 1 N–H and O–H groups in total. The molecule has 2 aromatic rings. The number of hydrogen-bond acceptors (Lipinski definition) is 4. The third-order valence-corrected chi connectivity index (χ3v) is 3.27. The van der Waals surface area contributed by atoms with E-state index in [-0.39, 0.29) is 24.1 Å². The van der Waals surface area contributed by atoms with E-state index in [1.807, 2.05) is 37.3 Å². The normalized spacial score (nSPS) is 11.9. The zero-order valence-electron chi connectivity index (χ0n) is 11.7. The van der Waals surface area contributed by atoms with Crippen molar-refractivity contribution in [3.05, 3.63) is 75.8 Å². The van der Waals surface area contributed by atoms with Crippen molar-refractivity contribution < 1.29 is 9.72 Å². The fraction of sp³-hybridized carbons (Fsp3) is 0.188. The van der Waals surface area contributed by atoms with E-state index >= 15 is 0 Å². The molecule has 0 amide bonds. The second kappa shape index (κ2) is 6.76. The summed E-state index contributed by atoms with van der Waals surface area (Å²) in [5.74, 6) is -0.0901. The van der Waals surface area contributed by atoms with E-state index < -0.39 is 4.92 Å². The van der Waals surface area contributed by atoms with Crippen LogP contribution in [-0.4, -0.2) is 17.3 Å². The zero-order valence-corrected chi connectivity index (χ0v) is 11.7. The predicted octanol–water partition coefficient (Wildman–Crippen LogP) is 3.13. The van der Waals surface area contributed by atoms with Crippen molar-refractivity contribution in [2.75, 3.05) is 6.54 Å². The van der Waals surface area contributed by atoms with Gasteiger partial charge in [0.2, 0.25) is 0 Å². The summed E-state index contributed by atoms with van der Waals surface area (Å²) in [4.78, 5) is 22.1. The number of benzene rings is 2. The summed E-state index contributed by atoms with van der Waals surface area (Å²) < 4.78 is 0. The van der Waals surface area contributed by atoms with E-state index in [1.165, 1.54) is 24.3 Å². The molecule has 1 atom stereocenters. The second-order valence-electron chi connectivity index (χ2n) is 4.74. The Bertz CT molecular complexity index is 624. The Morgan fingerprint density at radius 3 is 2.33 bits per heavy atom. The van der Waals surface area contributed by atoms with Crippen LogP contribution in [0.4, 0.5) is 5.69 Å². The number of Topliss-reactive ketones (excluding diaryl/α,β-unsaturated/α-hetero) is 1. The molecule has 2 aromatic carbocycles. The lowest BCUT2D eigenvalue weighted by atomic mass is 10.1. The van der Waals surface area contributed by atoms with Crippen LogP contribution in [0.5, 0.6) is 0 Å². The predicted molar refractivity (Wildman–Crippen MR) is 80.3 cm³/mol. The molecule has 0 aromatic heterocycles. The van der Waals surface area contributed by atoms with Gasteiger partial charge in [0.05, 0.1) is 11.5 Å². The van der Waals surface area contributed by atoms with Crippen molar-refractivity contribution in [3.8, 4) is 0 Å². The molecule has 0 saturated carbocycles. The van der Waals surface area contributed by atoms with Gasteiger partial charge < -0.3 is 5.32 Å². The molecule has 21 heavy (non-hydrogen) atoms. The van der Waals surface area contributed by atoms with Gasteiger partial charge in [0.25, 0.3) is 5.69 Å². The number of rotatable bonds is 6. The molecule has 0 radical (unpaired) electrons. The number of non-ortho nitro benzene ring substituents is 1. The maximum Gasteiger partial charge on any atom is 0.269 e. The summed E-state index contributed by atoms with van der Waals surface area (Å²) >= 11 is 0. The highest BCUT2D eigenvalue weighted by Gasteiger charge is 2.11. The molecule has 0 aliphatic rings. The van der Waals surface area contributed by atoms with E-state index in [9.17, 15) is 14.9 Å². The van der Waals surface area contributed by atoms with Gasteiger partial charge >= 0.3 is 0 Å². The maximum atomic E-state index is 12.0. The van der Waals surface area contributed by atoms with E-state index in [0.717, 1.165) is 5.56 Å². The highest BCUT2D eigenvalue weighted by molar-refractivity contribution is 5.97. The smallest absolute Gasteiger partial charge is 0.269 e. The van der Waals surface area contributed by atoms with Crippen molar-refractivity contribution in [1.29, 1.82) is 0 Å². The first-order chi connectivity index (χ1) is 10.1. The van der Waals surface area contributed by atoms with Crippen LogP contribution < -0.4 is 5.32 Å². The van der Waals surface area contributed by atoms with Gasteiger partial charge in [-0.1, -0.05) is 30.3 Å². The summed E-state index contributed by atoms with van der Waals surface area (Å²) in [6, 6.07) is 15.5. The number of ketones is 1. The lowest BCUT2D eigenvalue weighted by Crippen LogP contribution is -2.26. The Morgan fingerprint density at radius 1 is 1.14 bits per heavy atom. The first-order valence-corrected chi connectivity index (χ1v) is 6.64. The number of nitro groups is 1. The van der Waals surface area contributed by atoms with E-state index in [0.29, 0.717) is 5.56 Å². The Hall–Kier alpha value is -2.53. The SMILES string of the molecule is C[C@H](NCC(=O)c1ccc([N+](=O)[O-])cc1)c1ccccc1.